The van der Waals surface area contributed by atoms with E-state index in [0.29, 0.717) is 11.3 Å². The lowest BCUT2D eigenvalue weighted by Gasteiger charge is -2.31. The van der Waals surface area contributed by atoms with E-state index in [1.807, 2.05) is 0 Å². The Morgan fingerprint density at radius 2 is 1.90 bits per heavy atom. The molecule has 6 heteroatoms. The molecule has 2 aliphatic rings. The Labute approximate surface area is 127 Å². The van der Waals surface area contributed by atoms with Crippen LogP contribution in [-0.4, -0.2) is 44.3 Å². The molecule has 2 fully saturated rings. The minimum atomic E-state index is -3.13. The van der Waals surface area contributed by atoms with Crippen LogP contribution >= 0.6 is 11.8 Å². The van der Waals surface area contributed by atoms with E-state index in [9.17, 15) is 8.42 Å². The number of sulfonamides is 1. The lowest BCUT2D eigenvalue weighted by Crippen LogP contribution is -2.45. The topological polar surface area (TPSA) is 58.2 Å². The van der Waals surface area contributed by atoms with Crippen LogP contribution in [0.5, 0.6) is 0 Å². The molecule has 0 radical (unpaired) electrons. The first-order valence-corrected chi connectivity index (χ1v) is 10.8. The third-order valence-corrected chi connectivity index (χ3v) is 7.09. The van der Waals surface area contributed by atoms with Gasteiger partial charge in [0.25, 0.3) is 0 Å². The number of rotatable bonds is 6. The Kier molecular flexibility index (Phi) is 6.65. The smallest absolute Gasteiger partial charge is 0.211 e. The summed E-state index contributed by atoms with van der Waals surface area (Å²) in [5.74, 6) is 0.266. The quantitative estimate of drug-likeness (QED) is 0.787. The van der Waals surface area contributed by atoms with Crippen LogP contribution in [0.3, 0.4) is 0 Å². The standard InChI is InChI=1S/C14H28N2O2S2/c1-19-14-8-3-2-7-13(14)16-20(17,18)11-9-12-6-4-5-10-15-12/h12-16H,2-11H2,1H3. The van der Waals surface area contributed by atoms with Gasteiger partial charge < -0.3 is 5.32 Å². The van der Waals surface area contributed by atoms with Gasteiger partial charge in [-0.1, -0.05) is 19.3 Å². The first-order valence-electron chi connectivity index (χ1n) is 7.87. The van der Waals surface area contributed by atoms with Gasteiger partial charge in [0.2, 0.25) is 10.0 Å². The van der Waals surface area contributed by atoms with Crippen molar-refractivity contribution in [3.8, 4) is 0 Å². The molecule has 1 aliphatic carbocycles. The zero-order valence-corrected chi connectivity index (χ0v) is 14.1. The van der Waals surface area contributed by atoms with Crippen molar-refractivity contribution >= 4 is 21.8 Å². The van der Waals surface area contributed by atoms with Crippen LogP contribution in [0.1, 0.15) is 51.4 Å². The second-order valence-corrected chi connectivity index (χ2v) is 8.99. The molecular formula is C14H28N2O2S2. The summed E-state index contributed by atoms with van der Waals surface area (Å²) in [4.78, 5) is 0. The van der Waals surface area contributed by atoms with E-state index in [4.69, 9.17) is 0 Å². The van der Waals surface area contributed by atoms with Crippen molar-refractivity contribution in [3.63, 3.8) is 0 Å². The lowest BCUT2D eigenvalue weighted by molar-refractivity contribution is 0.390. The number of hydrogen-bond donors (Lipinski definition) is 2. The minimum absolute atomic E-state index is 0.142. The zero-order valence-electron chi connectivity index (χ0n) is 12.4. The molecule has 3 unspecified atom stereocenters. The molecule has 0 aromatic rings. The molecule has 4 nitrogen and oxygen atoms in total. The molecule has 0 bridgehead atoms. The van der Waals surface area contributed by atoms with E-state index in [0.717, 1.165) is 38.6 Å². The van der Waals surface area contributed by atoms with Crippen LogP contribution in [0, 0.1) is 0 Å². The number of hydrogen-bond acceptors (Lipinski definition) is 4. The van der Waals surface area contributed by atoms with Gasteiger partial charge in [0, 0.05) is 17.3 Å². The molecule has 1 aliphatic heterocycles. The van der Waals surface area contributed by atoms with Crippen molar-refractivity contribution in [1.82, 2.24) is 10.0 Å². The second kappa shape index (κ2) is 8.01. The third-order valence-electron chi connectivity index (χ3n) is 4.48. The summed E-state index contributed by atoms with van der Waals surface area (Å²) in [6.45, 7) is 1.04. The highest BCUT2D eigenvalue weighted by molar-refractivity contribution is 7.99. The van der Waals surface area contributed by atoms with E-state index < -0.39 is 10.0 Å². The van der Waals surface area contributed by atoms with Gasteiger partial charge in [-0.05, 0) is 44.9 Å². The molecule has 0 spiro atoms. The molecule has 2 N–H and O–H groups in total. The Bertz CT molecular complexity index is 381. The van der Waals surface area contributed by atoms with Crippen LogP contribution in [0.2, 0.25) is 0 Å². The largest absolute Gasteiger partial charge is 0.314 e. The van der Waals surface area contributed by atoms with Crippen molar-refractivity contribution in [2.24, 2.45) is 0 Å². The maximum Gasteiger partial charge on any atom is 0.211 e. The average Bonchev–Trinajstić information content (AvgIpc) is 2.47. The fourth-order valence-corrected chi connectivity index (χ4v) is 5.75. The van der Waals surface area contributed by atoms with E-state index in [1.54, 1.807) is 11.8 Å². The maximum atomic E-state index is 12.3. The highest BCUT2D eigenvalue weighted by Gasteiger charge is 2.28. The van der Waals surface area contributed by atoms with Gasteiger partial charge in [0.1, 0.15) is 0 Å². The first kappa shape index (κ1) is 16.6. The molecule has 0 amide bonds. The van der Waals surface area contributed by atoms with Gasteiger partial charge >= 0.3 is 0 Å². The summed E-state index contributed by atoms with van der Waals surface area (Å²) < 4.78 is 27.5. The molecule has 1 saturated carbocycles. The van der Waals surface area contributed by atoms with E-state index in [-0.39, 0.29) is 11.8 Å². The SMILES string of the molecule is CSC1CCCCC1NS(=O)(=O)CCC1CCCCN1. The lowest BCUT2D eigenvalue weighted by atomic mass is 9.96. The van der Waals surface area contributed by atoms with Crippen LogP contribution in [0.25, 0.3) is 0 Å². The highest BCUT2D eigenvalue weighted by atomic mass is 32.2. The van der Waals surface area contributed by atoms with E-state index in [2.05, 4.69) is 16.3 Å². The summed E-state index contributed by atoms with van der Waals surface area (Å²) in [7, 11) is -3.13. The van der Waals surface area contributed by atoms with Crippen molar-refractivity contribution in [2.75, 3.05) is 18.6 Å². The summed E-state index contributed by atoms with van der Waals surface area (Å²) in [5.41, 5.74) is 0. The van der Waals surface area contributed by atoms with Gasteiger partial charge in [-0.15, -0.1) is 0 Å². The van der Waals surface area contributed by atoms with E-state index >= 15 is 0 Å². The Morgan fingerprint density at radius 3 is 2.60 bits per heavy atom. The summed E-state index contributed by atoms with van der Waals surface area (Å²) >= 11 is 1.80. The number of piperidine rings is 1. The first-order chi connectivity index (χ1) is 9.61. The zero-order chi connectivity index (χ0) is 14.4. The van der Waals surface area contributed by atoms with Crippen molar-refractivity contribution in [1.29, 1.82) is 0 Å². The van der Waals surface area contributed by atoms with Crippen LogP contribution in [0.4, 0.5) is 0 Å². The third kappa shape index (κ3) is 5.20. The molecule has 1 saturated heterocycles. The molecule has 3 atom stereocenters. The molecule has 1 heterocycles. The maximum absolute atomic E-state index is 12.3. The predicted molar refractivity (Wildman–Crippen MR) is 86.7 cm³/mol. The molecule has 0 aromatic heterocycles. The van der Waals surface area contributed by atoms with Crippen molar-refractivity contribution in [2.45, 2.75) is 68.7 Å². The number of nitrogens with one attached hydrogen (secondary N) is 2. The highest BCUT2D eigenvalue weighted by Crippen LogP contribution is 2.27. The minimum Gasteiger partial charge on any atom is -0.314 e. The van der Waals surface area contributed by atoms with Gasteiger partial charge in [-0.25, -0.2) is 13.1 Å². The summed E-state index contributed by atoms with van der Waals surface area (Å²) in [6.07, 6.45) is 10.9. The predicted octanol–water partition coefficient (Wildman–Crippen LogP) is 2.11. The van der Waals surface area contributed by atoms with Crippen LogP contribution < -0.4 is 10.0 Å². The molecule has 0 aromatic carbocycles. The molecule has 2 rings (SSSR count). The number of thioether (sulfide) groups is 1. The van der Waals surface area contributed by atoms with Gasteiger partial charge in [-0.2, -0.15) is 11.8 Å². The van der Waals surface area contributed by atoms with Gasteiger partial charge in [0.05, 0.1) is 5.75 Å². The summed E-state index contributed by atoms with van der Waals surface area (Å²) in [6, 6.07) is 0.533. The van der Waals surface area contributed by atoms with E-state index in [1.165, 1.54) is 19.3 Å². The average molecular weight is 321 g/mol. The van der Waals surface area contributed by atoms with Crippen molar-refractivity contribution in [3.05, 3.63) is 0 Å². The Balaban J connectivity index is 1.80. The molecular weight excluding hydrogens is 292 g/mol. The van der Waals surface area contributed by atoms with Gasteiger partial charge in [0.15, 0.2) is 0 Å². The fraction of sp³-hybridized carbons (Fsp3) is 1.00. The Morgan fingerprint density at radius 1 is 1.15 bits per heavy atom. The Hall–Kier alpha value is 0.220. The fourth-order valence-electron chi connectivity index (χ4n) is 3.27. The normalized spacial score (nSPS) is 32.1. The monoisotopic (exact) mass is 320 g/mol. The van der Waals surface area contributed by atoms with Crippen LogP contribution in [-0.2, 0) is 10.0 Å². The van der Waals surface area contributed by atoms with Crippen molar-refractivity contribution < 1.29 is 8.42 Å². The van der Waals surface area contributed by atoms with Crippen LogP contribution in [0.15, 0.2) is 0 Å². The summed E-state index contributed by atoms with van der Waals surface area (Å²) in [5, 5.41) is 3.87. The molecule has 20 heavy (non-hydrogen) atoms. The molecule has 118 valence electrons. The second-order valence-electron chi connectivity index (χ2n) is 6.04. The van der Waals surface area contributed by atoms with Gasteiger partial charge in [-0.3, -0.25) is 0 Å².